The van der Waals surface area contributed by atoms with Gasteiger partial charge < -0.3 is 5.32 Å². The van der Waals surface area contributed by atoms with Crippen LogP contribution in [0.1, 0.15) is 49.5 Å². The molecular weight excluding hydrogens is 269 g/mol. The number of nitrogens with one attached hydrogen (secondary N) is 1. The molecule has 0 saturated heterocycles. The van der Waals surface area contributed by atoms with Crippen LogP contribution in [0.2, 0.25) is 0 Å². The van der Waals surface area contributed by atoms with Gasteiger partial charge in [-0.15, -0.1) is 0 Å². The number of rotatable bonds is 5. The highest BCUT2D eigenvalue weighted by Crippen LogP contribution is 2.31. The van der Waals surface area contributed by atoms with Gasteiger partial charge in [-0.3, -0.25) is 9.78 Å². The molecule has 1 rings (SSSR count). The van der Waals surface area contributed by atoms with Crippen LogP contribution in [0.15, 0.2) is 18.5 Å². The summed E-state index contributed by atoms with van der Waals surface area (Å²) in [6.45, 7) is 5.90. The monoisotopic (exact) mass is 288 g/mol. The van der Waals surface area contributed by atoms with E-state index in [4.69, 9.17) is 0 Å². The lowest BCUT2D eigenvalue weighted by atomic mass is 10.0. The molecule has 0 aliphatic carbocycles. The minimum absolute atomic E-state index is 0.167. The van der Waals surface area contributed by atoms with Crippen LogP contribution in [0.5, 0.6) is 0 Å². The van der Waals surface area contributed by atoms with Crippen molar-refractivity contribution in [1.29, 1.82) is 0 Å². The van der Waals surface area contributed by atoms with E-state index in [9.17, 15) is 18.0 Å². The maximum Gasteiger partial charge on any atom is 0.418 e. The van der Waals surface area contributed by atoms with Crippen molar-refractivity contribution in [3.8, 4) is 0 Å². The van der Waals surface area contributed by atoms with Gasteiger partial charge in [0.15, 0.2) is 0 Å². The predicted molar refractivity (Wildman–Crippen MR) is 70.2 cm³/mol. The Morgan fingerprint density at radius 1 is 1.30 bits per heavy atom. The molecule has 0 saturated carbocycles. The van der Waals surface area contributed by atoms with Gasteiger partial charge in [0.05, 0.1) is 11.1 Å². The van der Waals surface area contributed by atoms with E-state index in [1.54, 1.807) is 6.92 Å². The molecule has 1 heterocycles. The van der Waals surface area contributed by atoms with Crippen molar-refractivity contribution in [3.63, 3.8) is 0 Å². The van der Waals surface area contributed by atoms with Crippen molar-refractivity contribution in [3.05, 3.63) is 29.6 Å². The molecule has 112 valence electrons. The lowest BCUT2D eigenvalue weighted by Crippen LogP contribution is -2.34. The van der Waals surface area contributed by atoms with E-state index in [1.165, 1.54) is 6.20 Å². The molecule has 0 radical (unpaired) electrons. The van der Waals surface area contributed by atoms with Crippen LogP contribution < -0.4 is 5.32 Å². The van der Waals surface area contributed by atoms with Gasteiger partial charge in [-0.05, 0) is 31.7 Å². The summed E-state index contributed by atoms with van der Waals surface area (Å²) in [5.41, 5.74) is -1.39. The standard InChI is InChI=1S/C14H19F3N2O/c1-9(2)4-5-10(3)19-13(20)11-6-7-18-8-12(11)14(15,16)17/h6-10H,4-5H2,1-3H3,(H,19,20). The Kier molecular flexibility index (Phi) is 5.53. The van der Waals surface area contributed by atoms with Gasteiger partial charge in [0.2, 0.25) is 0 Å². The van der Waals surface area contributed by atoms with E-state index in [-0.39, 0.29) is 11.6 Å². The molecule has 1 atom stereocenters. The summed E-state index contributed by atoms with van der Waals surface area (Å²) in [5.74, 6) is -0.225. The highest BCUT2D eigenvalue weighted by Gasteiger charge is 2.35. The van der Waals surface area contributed by atoms with Crippen LogP contribution in [0.25, 0.3) is 0 Å². The second kappa shape index (κ2) is 6.72. The summed E-state index contributed by atoms with van der Waals surface area (Å²) < 4.78 is 38.3. The quantitative estimate of drug-likeness (QED) is 0.898. The third-order valence-electron chi connectivity index (χ3n) is 2.93. The molecule has 0 aromatic carbocycles. The second-order valence-electron chi connectivity index (χ2n) is 5.26. The summed E-state index contributed by atoms with van der Waals surface area (Å²) in [5, 5.41) is 2.60. The number of amides is 1. The SMILES string of the molecule is CC(C)CCC(C)NC(=O)c1ccncc1C(F)(F)F. The highest BCUT2D eigenvalue weighted by atomic mass is 19.4. The van der Waals surface area contributed by atoms with E-state index in [2.05, 4.69) is 24.1 Å². The summed E-state index contributed by atoms with van der Waals surface area (Å²) in [6.07, 6.45) is -1.08. The first-order chi connectivity index (χ1) is 9.21. The average Bonchev–Trinajstić information content (AvgIpc) is 2.35. The molecule has 0 spiro atoms. The van der Waals surface area contributed by atoms with Gasteiger partial charge >= 0.3 is 6.18 Å². The minimum atomic E-state index is -4.58. The van der Waals surface area contributed by atoms with Gasteiger partial charge in [-0.1, -0.05) is 13.8 Å². The fraction of sp³-hybridized carbons (Fsp3) is 0.571. The van der Waals surface area contributed by atoms with Crippen LogP contribution in [-0.2, 0) is 6.18 Å². The molecule has 20 heavy (non-hydrogen) atoms. The van der Waals surface area contributed by atoms with Crippen molar-refractivity contribution in [2.75, 3.05) is 0 Å². The zero-order valence-electron chi connectivity index (χ0n) is 11.8. The Labute approximate surface area is 116 Å². The molecule has 0 aliphatic heterocycles. The number of hydrogen-bond acceptors (Lipinski definition) is 2. The summed E-state index contributed by atoms with van der Waals surface area (Å²) in [7, 11) is 0. The molecule has 0 fully saturated rings. The van der Waals surface area contributed by atoms with E-state index in [0.29, 0.717) is 12.1 Å². The molecule has 3 nitrogen and oxygen atoms in total. The molecule has 1 N–H and O–H groups in total. The van der Waals surface area contributed by atoms with E-state index in [0.717, 1.165) is 18.9 Å². The van der Waals surface area contributed by atoms with Crippen molar-refractivity contribution < 1.29 is 18.0 Å². The van der Waals surface area contributed by atoms with E-state index in [1.807, 2.05) is 0 Å². The Morgan fingerprint density at radius 3 is 2.50 bits per heavy atom. The van der Waals surface area contributed by atoms with E-state index >= 15 is 0 Å². The Bertz CT molecular complexity index is 458. The largest absolute Gasteiger partial charge is 0.418 e. The van der Waals surface area contributed by atoms with Crippen molar-refractivity contribution in [1.82, 2.24) is 10.3 Å². The Morgan fingerprint density at radius 2 is 1.95 bits per heavy atom. The van der Waals surface area contributed by atoms with E-state index < -0.39 is 17.6 Å². The van der Waals surface area contributed by atoms with Crippen LogP contribution in [0.3, 0.4) is 0 Å². The molecule has 0 aliphatic rings. The van der Waals surface area contributed by atoms with Gasteiger partial charge in [0.1, 0.15) is 0 Å². The van der Waals surface area contributed by atoms with Crippen molar-refractivity contribution >= 4 is 5.91 Å². The molecule has 1 aromatic rings. The molecule has 0 bridgehead atoms. The van der Waals surface area contributed by atoms with Crippen molar-refractivity contribution in [2.24, 2.45) is 5.92 Å². The molecule has 1 amide bonds. The molecule has 6 heteroatoms. The smallest absolute Gasteiger partial charge is 0.350 e. The fourth-order valence-electron chi connectivity index (χ4n) is 1.78. The highest BCUT2D eigenvalue weighted by molar-refractivity contribution is 5.95. The average molecular weight is 288 g/mol. The van der Waals surface area contributed by atoms with Gasteiger partial charge in [-0.2, -0.15) is 13.2 Å². The summed E-state index contributed by atoms with van der Waals surface area (Å²) in [6, 6.07) is 0.923. The number of carbonyl (C=O) groups is 1. The van der Waals surface area contributed by atoms with Gasteiger partial charge in [-0.25, -0.2) is 0 Å². The predicted octanol–water partition coefficient (Wildman–Crippen LogP) is 3.65. The maximum absolute atomic E-state index is 12.8. The Balaban J connectivity index is 2.78. The second-order valence-corrected chi connectivity index (χ2v) is 5.26. The topological polar surface area (TPSA) is 42.0 Å². The number of alkyl halides is 3. The zero-order valence-corrected chi connectivity index (χ0v) is 11.8. The zero-order chi connectivity index (χ0) is 15.3. The first kappa shape index (κ1) is 16.5. The number of aromatic nitrogens is 1. The lowest BCUT2D eigenvalue weighted by molar-refractivity contribution is -0.138. The van der Waals surface area contributed by atoms with Crippen LogP contribution >= 0.6 is 0 Å². The first-order valence-electron chi connectivity index (χ1n) is 6.54. The van der Waals surface area contributed by atoms with Gasteiger partial charge in [0.25, 0.3) is 5.91 Å². The van der Waals surface area contributed by atoms with Crippen LogP contribution in [0.4, 0.5) is 13.2 Å². The normalized spacial score (nSPS) is 13.3. The van der Waals surface area contributed by atoms with Gasteiger partial charge in [0, 0.05) is 18.4 Å². The maximum atomic E-state index is 12.8. The number of halogens is 3. The number of pyridine rings is 1. The Hall–Kier alpha value is -1.59. The lowest BCUT2D eigenvalue weighted by Gasteiger charge is -2.17. The molecular formula is C14H19F3N2O. The summed E-state index contributed by atoms with van der Waals surface area (Å²) in [4.78, 5) is 15.4. The third-order valence-corrected chi connectivity index (χ3v) is 2.93. The molecule has 1 aromatic heterocycles. The summed E-state index contributed by atoms with van der Waals surface area (Å²) >= 11 is 0. The van der Waals surface area contributed by atoms with Crippen LogP contribution in [-0.4, -0.2) is 16.9 Å². The number of hydrogen-bond donors (Lipinski definition) is 1. The van der Waals surface area contributed by atoms with Crippen LogP contribution in [0, 0.1) is 5.92 Å². The first-order valence-corrected chi connectivity index (χ1v) is 6.54. The van der Waals surface area contributed by atoms with Crippen molar-refractivity contribution in [2.45, 2.75) is 45.8 Å². The fourth-order valence-corrected chi connectivity index (χ4v) is 1.78. The molecule has 1 unspecified atom stereocenters. The minimum Gasteiger partial charge on any atom is -0.350 e. The third kappa shape index (κ3) is 4.83. The number of nitrogens with zero attached hydrogens (tertiary/aromatic N) is 1. The number of carbonyl (C=O) groups excluding carboxylic acids is 1.